The van der Waals surface area contributed by atoms with Crippen molar-refractivity contribution >= 4 is 10.8 Å². The van der Waals surface area contributed by atoms with Gasteiger partial charge in [-0.1, -0.05) is 54.6 Å². The van der Waals surface area contributed by atoms with Gasteiger partial charge in [0.15, 0.2) is 11.5 Å². The van der Waals surface area contributed by atoms with Crippen LogP contribution in [0, 0.1) is 0 Å². The first-order valence-electron chi connectivity index (χ1n) is 5.81. The molecule has 0 unspecified atom stereocenters. The normalized spacial score (nSPS) is 10.2. The largest absolute Gasteiger partial charge is 0.290 e. The minimum absolute atomic E-state index is 0.686. The number of para-hydroxylation sites is 1. The lowest BCUT2D eigenvalue weighted by molar-refractivity contribution is -0.0984. The average Bonchev–Trinajstić information content (AvgIpc) is 2.46. The number of hydrogen-bond donors (Lipinski definition) is 0. The zero-order chi connectivity index (χ0) is 12.2. The summed E-state index contributed by atoms with van der Waals surface area (Å²) in [5, 5.41) is 2.17. The minimum atomic E-state index is 0.686. The Kier molecular flexibility index (Phi) is 2.84. The Hall–Kier alpha value is -2.48. The molecule has 2 heteroatoms. The third-order valence-corrected chi connectivity index (χ3v) is 2.72. The number of benzene rings is 3. The van der Waals surface area contributed by atoms with Gasteiger partial charge in [0, 0.05) is 5.39 Å². The summed E-state index contributed by atoms with van der Waals surface area (Å²) in [6.45, 7) is 0. The summed E-state index contributed by atoms with van der Waals surface area (Å²) >= 11 is 0. The molecule has 0 bridgehead atoms. The molecule has 0 heterocycles. The predicted octanol–water partition coefficient (Wildman–Crippen LogP) is 4.21. The third-order valence-electron chi connectivity index (χ3n) is 2.72. The summed E-state index contributed by atoms with van der Waals surface area (Å²) in [5.74, 6) is 1.40. The molecule has 0 spiro atoms. The summed E-state index contributed by atoms with van der Waals surface area (Å²) in [4.78, 5) is 10.7. The minimum Gasteiger partial charge on any atom is -0.290 e. The van der Waals surface area contributed by atoms with Crippen LogP contribution in [0.4, 0.5) is 0 Å². The second-order valence-corrected chi connectivity index (χ2v) is 3.96. The lowest BCUT2D eigenvalue weighted by atomic mass is 10.1. The van der Waals surface area contributed by atoms with E-state index >= 15 is 0 Å². The Bertz CT molecular complexity index is 642. The highest BCUT2D eigenvalue weighted by atomic mass is 17.2. The lowest BCUT2D eigenvalue weighted by Gasteiger charge is -2.07. The van der Waals surface area contributed by atoms with E-state index in [1.807, 2.05) is 72.8 Å². The molecule has 0 aliphatic carbocycles. The van der Waals surface area contributed by atoms with Crippen molar-refractivity contribution in [2.45, 2.75) is 0 Å². The van der Waals surface area contributed by atoms with Gasteiger partial charge < -0.3 is 0 Å². The maximum absolute atomic E-state index is 5.41. The molecule has 18 heavy (non-hydrogen) atoms. The molecule has 3 rings (SSSR count). The van der Waals surface area contributed by atoms with Gasteiger partial charge in [-0.05, 0) is 23.6 Å². The molecule has 0 fully saturated rings. The van der Waals surface area contributed by atoms with Crippen LogP contribution in [0.3, 0.4) is 0 Å². The number of fused-ring (bicyclic) bond motifs is 1. The van der Waals surface area contributed by atoms with Gasteiger partial charge in [0.2, 0.25) is 0 Å². The van der Waals surface area contributed by atoms with Crippen LogP contribution >= 0.6 is 0 Å². The molecule has 0 aliphatic heterocycles. The van der Waals surface area contributed by atoms with Gasteiger partial charge in [-0.3, -0.25) is 9.78 Å². The van der Waals surface area contributed by atoms with E-state index in [1.54, 1.807) is 0 Å². The first-order valence-corrected chi connectivity index (χ1v) is 5.81. The van der Waals surface area contributed by atoms with Crippen molar-refractivity contribution in [3.05, 3.63) is 72.8 Å². The number of rotatable bonds is 3. The monoisotopic (exact) mass is 236 g/mol. The van der Waals surface area contributed by atoms with E-state index in [0.717, 1.165) is 16.5 Å². The van der Waals surface area contributed by atoms with Crippen LogP contribution in [0.15, 0.2) is 72.8 Å². The van der Waals surface area contributed by atoms with Crippen molar-refractivity contribution in [3.63, 3.8) is 0 Å². The lowest BCUT2D eigenvalue weighted by Crippen LogP contribution is -2.00. The molecule has 2 nitrogen and oxygen atoms in total. The summed E-state index contributed by atoms with van der Waals surface area (Å²) in [5.41, 5.74) is 0. The molecule has 0 aromatic heterocycles. The zero-order valence-corrected chi connectivity index (χ0v) is 9.74. The van der Waals surface area contributed by atoms with Crippen LogP contribution in [0.1, 0.15) is 0 Å². The van der Waals surface area contributed by atoms with Crippen molar-refractivity contribution in [3.8, 4) is 11.5 Å². The second-order valence-electron chi connectivity index (χ2n) is 3.96. The van der Waals surface area contributed by atoms with E-state index in [9.17, 15) is 0 Å². The predicted molar refractivity (Wildman–Crippen MR) is 71.6 cm³/mol. The molecular weight excluding hydrogens is 224 g/mol. The van der Waals surface area contributed by atoms with Crippen molar-refractivity contribution < 1.29 is 9.78 Å². The second kappa shape index (κ2) is 4.80. The van der Waals surface area contributed by atoms with E-state index in [1.165, 1.54) is 0 Å². The van der Waals surface area contributed by atoms with E-state index in [0.29, 0.717) is 5.75 Å². The highest BCUT2D eigenvalue weighted by Gasteiger charge is 2.02. The van der Waals surface area contributed by atoms with E-state index in [-0.39, 0.29) is 0 Å². The Morgan fingerprint density at radius 3 is 2.17 bits per heavy atom. The summed E-state index contributed by atoms with van der Waals surface area (Å²) < 4.78 is 0. The Balaban J connectivity index is 1.87. The topological polar surface area (TPSA) is 18.5 Å². The molecule has 88 valence electrons. The highest BCUT2D eigenvalue weighted by molar-refractivity contribution is 5.88. The van der Waals surface area contributed by atoms with Crippen LogP contribution in [0.25, 0.3) is 10.8 Å². The summed E-state index contributed by atoms with van der Waals surface area (Å²) in [7, 11) is 0. The maximum atomic E-state index is 5.41. The Morgan fingerprint density at radius 2 is 1.28 bits per heavy atom. The van der Waals surface area contributed by atoms with Gasteiger partial charge in [0.25, 0.3) is 0 Å². The Morgan fingerprint density at radius 1 is 0.556 bits per heavy atom. The smallest absolute Gasteiger partial charge is 0.186 e. The van der Waals surface area contributed by atoms with Crippen LogP contribution in [-0.2, 0) is 0 Å². The molecular formula is C16H12O2. The highest BCUT2D eigenvalue weighted by Crippen LogP contribution is 2.25. The van der Waals surface area contributed by atoms with Crippen molar-refractivity contribution in [1.29, 1.82) is 0 Å². The standard InChI is InChI=1S/C16H12O2/c1-2-9-14(10-3-1)17-18-16-12-6-8-13-7-4-5-11-15(13)16/h1-12H. The molecule has 0 aliphatic rings. The molecule has 0 saturated heterocycles. The van der Waals surface area contributed by atoms with E-state index < -0.39 is 0 Å². The summed E-state index contributed by atoms with van der Waals surface area (Å²) in [6.07, 6.45) is 0. The molecule has 3 aromatic carbocycles. The molecule has 0 amide bonds. The third kappa shape index (κ3) is 2.13. The van der Waals surface area contributed by atoms with Gasteiger partial charge in [-0.25, -0.2) is 0 Å². The van der Waals surface area contributed by atoms with Crippen LogP contribution < -0.4 is 9.78 Å². The fourth-order valence-electron chi connectivity index (χ4n) is 1.84. The van der Waals surface area contributed by atoms with Crippen LogP contribution in [0.2, 0.25) is 0 Å². The van der Waals surface area contributed by atoms with Gasteiger partial charge in [-0.15, -0.1) is 0 Å². The Labute approximate surface area is 105 Å². The molecule has 3 aromatic rings. The van der Waals surface area contributed by atoms with Gasteiger partial charge >= 0.3 is 0 Å². The van der Waals surface area contributed by atoms with Gasteiger partial charge in [0.1, 0.15) is 0 Å². The first-order chi connectivity index (χ1) is 8.93. The molecule has 0 saturated carbocycles. The summed E-state index contributed by atoms with van der Waals surface area (Å²) in [6, 6.07) is 23.4. The molecule has 0 atom stereocenters. The van der Waals surface area contributed by atoms with Crippen molar-refractivity contribution in [2.24, 2.45) is 0 Å². The molecule has 0 N–H and O–H groups in total. The van der Waals surface area contributed by atoms with Crippen LogP contribution in [-0.4, -0.2) is 0 Å². The van der Waals surface area contributed by atoms with Gasteiger partial charge in [-0.2, -0.15) is 0 Å². The first kappa shape index (κ1) is 10.7. The fourth-order valence-corrected chi connectivity index (χ4v) is 1.84. The van der Waals surface area contributed by atoms with Crippen molar-refractivity contribution in [2.75, 3.05) is 0 Å². The molecule has 0 radical (unpaired) electrons. The maximum Gasteiger partial charge on any atom is 0.186 e. The zero-order valence-electron chi connectivity index (χ0n) is 9.74. The van der Waals surface area contributed by atoms with Crippen LogP contribution in [0.5, 0.6) is 11.5 Å². The van der Waals surface area contributed by atoms with Gasteiger partial charge in [0.05, 0.1) is 0 Å². The quantitative estimate of drug-likeness (QED) is 0.501. The number of hydrogen-bond acceptors (Lipinski definition) is 2. The fraction of sp³-hybridized carbons (Fsp3) is 0. The van der Waals surface area contributed by atoms with Crippen molar-refractivity contribution in [1.82, 2.24) is 0 Å². The average molecular weight is 236 g/mol. The SMILES string of the molecule is c1ccc(OOc2cccc3ccccc23)cc1. The van der Waals surface area contributed by atoms with E-state index in [4.69, 9.17) is 9.78 Å². The van der Waals surface area contributed by atoms with E-state index in [2.05, 4.69) is 0 Å².